The first-order chi connectivity index (χ1) is 8.85. The highest BCUT2D eigenvalue weighted by atomic mass is 16.3. The van der Waals surface area contributed by atoms with Gasteiger partial charge in [0.2, 0.25) is 0 Å². The Bertz CT molecular complexity index is 414. The molecule has 2 rings (SSSR count). The largest absolute Gasteiger partial charge is 0.389 e. The van der Waals surface area contributed by atoms with E-state index in [0.29, 0.717) is 11.8 Å². The summed E-state index contributed by atoms with van der Waals surface area (Å²) >= 11 is 0. The SMILES string of the molecule is CCC(C)(C)C1CCC(O)(Cc2ccn(C)n2)CC1. The number of nitrogens with zero attached hydrogens (tertiary/aromatic N) is 2. The van der Waals surface area contributed by atoms with Crippen LogP contribution in [-0.4, -0.2) is 20.5 Å². The van der Waals surface area contributed by atoms with Gasteiger partial charge in [-0.15, -0.1) is 0 Å². The van der Waals surface area contributed by atoms with Crippen molar-refractivity contribution in [3.8, 4) is 0 Å². The number of aryl methyl sites for hydroxylation is 1. The first-order valence-corrected chi connectivity index (χ1v) is 7.55. The molecular formula is C16H28N2O. The molecule has 0 unspecified atom stereocenters. The van der Waals surface area contributed by atoms with Crippen LogP contribution in [0.4, 0.5) is 0 Å². The van der Waals surface area contributed by atoms with Crippen molar-refractivity contribution in [2.24, 2.45) is 18.4 Å². The van der Waals surface area contributed by atoms with E-state index < -0.39 is 5.60 Å². The summed E-state index contributed by atoms with van der Waals surface area (Å²) in [5, 5.41) is 15.1. The lowest BCUT2D eigenvalue weighted by atomic mass is 9.66. The Labute approximate surface area is 117 Å². The van der Waals surface area contributed by atoms with Crippen LogP contribution in [0.5, 0.6) is 0 Å². The molecule has 19 heavy (non-hydrogen) atoms. The van der Waals surface area contributed by atoms with Gasteiger partial charge in [-0.3, -0.25) is 4.68 Å². The molecule has 3 nitrogen and oxygen atoms in total. The Morgan fingerprint density at radius 3 is 2.53 bits per heavy atom. The zero-order valence-electron chi connectivity index (χ0n) is 12.8. The van der Waals surface area contributed by atoms with Gasteiger partial charge < -0.3 is 5.11 Å². The Kier molecular flexibility index (Phi) is 4.05. The van der Waals surface area contributed by atoms with E-state index in [1.807, 2.05) is 24.0 Å². The minimum atomic E-state index is -0.533. The van der Waals surface area contributed by atoms with Gasteiger partial charge in [-0.2, -0.15) is 5.10 Å². The fraction of sp³-hybridized carbons (Fsp3) is 0.812. The summed E-state index contributed by atoms with van der Waals surface area (Å²) in [6, 6.07) is 2.01. The summed E-state index contributed by atoms with van der Waals surface area (Å²) in [6.07, 6.45) is 7.98. The third kappa shape index (κ3) is 3.38. The fourth-order valence-electron chi connectivity index (χ4n) is 3.30. The average molecular weight is 264 g/mol. The van der Waals surface area contributed by atoms with Crippen LogP contribution in [0, 0.1) is 11.3 Å². The summed E-state index contributed by atoms with van der Waals surface area (Å²) < 4.78 is 1.81. The molecule has 108 valence electrons. The van der Waals surface area contributed by atoms with Crippen LogP contribution in [0.25, 0.3) is 0 Å². The number of rotatable bonds is 4. The van der Waals surface area contributed by atoms with Crippen LogP contribution in [0.2, 0.25) is 0 Å². The second-order valence-corrected chi connectivity index (χ2v) is 7.00. The molecule has 0 aliphatic heterocycles. The topological polar surface area (TPSA) is 38.0 Å². The highest BCUT2D eigenvalue weighted by Gasteiger charge is 2.38. The van der Waals surface area contributed by atoms with Crippen LogP contribution in [0.15, 0.2) is 12.3 Å². The Morgan fingerprint density at radius 2 is 2.05 bits per heavy atom. The molecule has 1 saturated carbocycles. The van der Waals surface area contributed by atoms with Gasteiger partial charge in [0.1, 0.15) is 0 Å². The normalized spacial score (nSPS) is 28.6. The van der Waals surface area contributed by atoms with Crippen LogP contribution >= 0.6 is 0 Å². The predicted octanol–water partition coefficient (Wildman–Crippen LogP) is 3.32. The van der Waals surface area contributed by atoms with E-state index in [-0.39, 0.29) is 0 Å². The number of aliphatic hydroxyl groups is 1. The van der Waals surface area contributed by atoms with E-state index in [1.165, 1.54) is 6.42 Å². The van der Waals surface area contributed by atoms with Gasteiger partial charge in [0.15, 0.2) is 0 Å². The van der Waals surface area contributed by atoms with E-state index in [1.54, 1.807) is 0 Å². The smallest absolute Gasteiger partial charge is 0.0703 e. The lowest BCUT2D eigenvalue weighted by molar-refractivity contribution is -0.0283. The Balaban J connectivity index is 1.94. The molecule has 0 atom stereocenters. The van der Waals surface area contributed by atoms with Gasteiger partial charge in [-0.05, 0) is 43.1 Å². The minimum absolute atomic E-state index is 0.409. The monoisotopic (exact) mass is 264 g/mol. The third-order valence-electron chi connectivity index (χ3n) is 5.21. The van der Waals surface area contributed by atoms with Crippen molar-refractivity contribution in [1.29, 1.82) is 0 Å². The van der Waals surface area contributed by atoms with Gasteiger partial charge >= 0.3 is 0 Å². The summed E-state index contributed by atoms with van der Waals surface area (Å²) in [5.74, 6) is 0.751. The highest BCUT2D eigenvalue weighted by Crippen LogP contribution is 2.44. The molecule has 1 heterocycles. The van der Waals surface area contributed by atoms with Crippen molar-refractivity contribution in [3.05, 3.63) is 18.0 Å². The van der Waals surface area contributed by atoms with Crippen molar-refractivity contribution < 1.29 is 5.11 Å². The molecular weight excluding hydrogens is 236 g/mol. The molecule has 0 aromatic carbocycles. The Morgan fingerprint density at radius 1 is 1.42 bits per heavy atom. The second kappa shape index (κ2) is 5.28. The number of hydrogen-bond donors (Lipinski definition) is 1. The zero-order valence-corrected chi connectivity index (χ0v) is 12.8. The van der Waals surface area contributed by atoms with Crippen molar-refractivity contribution in [2.45, 2.75) is 64.9 Å². The lowest BCUT2D eigenvalue weighted by Crippen LogP contribution is -2.39. The lowest BCUT2D eigenvalue weighted by Gasteiger charge is -2.42. The van der Waals surface area contributed by atoms with Crippen LogP contribution in [0.3, 0.4) is 0 Å². The van der Waals surface area contributed by atoms with Gasteiger partial charge in [0.25, 0.3) is 0 Å². The summed E-state index contributed by atoms with van der Waals surface area (Å²) in [7, 11) is 1.92. The van der Waals surface area contributed by atoms with Crippen LogP contribution < -0.4 is 0 Å². The van der Waals surface area contributed by atoms with Gasteiger partial charge in [0.05, 0.1) is 11.3 Å². The molecule has 0 saturated heterocycles. The average Bonchev–Trinajstić information content (AvgIpc) is 2.74. The first kappa shape index (κ1) is 14.6. The maximum Gasteiger partial charge on any atom is 0.0703 e. The zero-order chi connectivity index (χ0) is 14.1. The molecule has 1 aromatic rings. The van der Waals surface area contributed by atoms with E-state index in [4.69, 9.17) is 0 Å². The first-order valence-electron chi connectivity index (χ1n) is 7.55. The number of aromatic nitrogens is 2. The van der Waals surface area contributed by atoms with Gasteiger partial charge in [0, 0.05) is 19.7 Å². The van der Waals surface area contributed by atoms with Crippen molar-refractivity contribution in [3.63, 3.8) is 0 Å². The molecule has 0 radical (unpaired) electrons. The molecule has 0 spiro atoms. The number of hydrogen-bond acceptors (Lipinski definition) is 2. The summed E-state index contributed by atoms with van der Waals surface area (Å²) in [6.45, 7) is 7.00. The molecule has 1 aliphatic carbocycles. The molecule has 1 aromatic heterocycles. The fourth-order valence-corrected chi connectivity index (χ4v) is 3.30. The maximum absolute atomic E-state index is 10.7. The maximum atomic E-state index is 10.7. The third-order valence-corrected chi connectivity index (χ3v) is 5.21. The molecule has 1 aliphatic rings. The summed E-state index contributed by atoms with van der Waals surface area (Å²) in [4.78, 5) is 0. The quantitative estimate of drug-likeness (QED) is 0.906. The molecule has 1 fully saturated rings. The molecule has 3 heteroatoms. The van der Waals surface area contributed by atoms with Gasteiger partial charge in [-0.1, -0.05) is 27.2 Å². The van der Waals surface area contributed by atoms with Crippen molar-refractivity contribution in [1.82, 2.24) is 9.78 Å². The van der Waals surface area contributed by atoms with Crippen LogP contribution in [-0.2, 0) is 13.5 Å². The summed E-state index contributed by atoms with van der Waals surface area (Å²) in [5.41, 5.74) is 0.888. The minimum Gasteiger partial charge on any atom is -0.389 e. The standard InChI is InChI=1S/C16H28N2O/c1-5-15(2,3)13-6-9-16(19,10-7-13)12-14-8-11-18(4)17-14/h8,11,13,19H,5-7,9-10,12H2,1-4H3. The van der Waals surface area contributed by atoms with Gasteiger partial charge in [-0.25, -0.2) is 0 Å². The van der Waals surface area contributed by atoms with E-state index in [2.05, 4.69) is 25.9 Å². The Hall–Kier alpha value is -0.830. The molecule has 0 amide bonds. The van der Waals surface area contributed by atoms with Crippen LogP contribution in [0.1, 0.15) is 58.6 Å². The predicted molar refractivity (Wildman–Crippen MR) is 77.9 cm³/mol. The van der Waals surface area contributed by atoms with E-state index in [0.717, 1.165) is 37.3 Å². The molecule has 0 bridgehead atoms. The second-order valence-electron chi connectivity index (χ2n) is 7.00. The van der Waals surface area contributed by atoms with Crippen molar-refractivity contribution in [2.75, 3.05) is 0 Å². The molecule has 1 N–H and O–H groups in total. The highest BCUT2D eigenvalue weighted by molar-refractivity contribution is 5.05. The van der Waals surface area contributed by atoms with E-state index in [9.17, 15) is 5.11 Å². The van der Waals surface area contributed by atoms with E-state index >= 15 is 0 Å². The van der Waals surface area contributed by atoms with Crippen molar-refractivity contribution >= 4 is 0 Å².